The van der Waals surface area contributed by atoms with Gasteiger partial charge in [0.2, 0.25) is 5.91 Å². The molecule has 1 aliphatic rings. The number of rotatable bonds is 5. The fraction of sp³-hybridized carbons (Fsp3) is 0.348. The molecule has 2 aromatic carbocycles. The van der Waals surface area contributed by atoms with Crippen molar-refractivity contribution in [3.8, 4) is 0 Å². The molecular weight excluding hydrogens is 352 g/mol. The molecule has 0 unspecified atom stereocenters. The van der Waals surface area contributed by atoms with Gasteiger partial charge in [-0.1, -0.05) is 43.7 Å². The topological polar surface area (TPSA) is 66.5 Å². The highest BCUT2D eigenvalue weighted by molar-refractivity contribution is 6.23. The predicted molar refractivity (Wildman–Crippen MR) is 109 cm³/mol. The van der Waals surface area contributed by atoms with Gasteiger partial charge < -0.3 is 5.32 Å². The van der Waals surface area contributed by atoms with Crippen LogP contribution in [0.1, 0.15) is 57.7 Å². The highest BCUT2D eigenvalue weighted by atomic mass is 16.2. The summed E-state index contributed by atoms with van der Waals surface area (Å²) >= 11 is 0. The van der Waals surface area contributed by atoms with Gasteiger partial charge in [-0.2, -0.15) is 0 Å². The fourth-order valence-electron chi connectivity index (χ4n) is 3.85. The first-order chi connectivity index (χ1) is 13.2. The quantitative estimate of drug-likeness (QED) is 0.791. The molecule has 5 heteroatoms. The molecule has 3 amide bonds. The standard InChI is InChI=1S/C23H26N2O3/c1-13(2)10-19(21(26)24-20-15(4)11-14(3)12-16(20)5)25-22(27)17-8-6-7-9-18(17)23(25)28/h6-9,11-13,19H,10H2,1-5H3,(H,24,26)/t19-/m1/s1. The molecule has 3 rings (SSSR count). The van der Waals surface area contributed by atoms with Gasteiger partial charge >= 0.3 is 0 Å². The first-order valence-electron chi connectivity index (χ1n) is 9.56. The van der Waals surface area contributed by atoms with Gasteiger partial charge in [-0.25, -0.2) is 0 Å². The summed E-state index contributed by atoms with van der Waals surface area (Å²) in [6, 6.07) is 9.87. The number of hydrogen-bond acceptors (Lipinski definition) is 3. The van der Waals surface area contributed by atoms with Gasteiger partial charge in [-0.05, 0) is 56.4 Å². The third-order valence-corrected chi connectivity index (χ3v) is 5.06. The van der Waals surface area contributed by atoms with E-state index in [-0.39, 0.29) is 11.8 Å². The molecule has 146 valence electrons. The summed E-state index contributed by atoms with van der Waals surface area (Å²) < 4.78 is 0. The Kier molecular flexibility index (Phi) is 5.36. The summed E-state index contributed by atoms with van der Waals surface area (Å²) in [4.78, 5) is 40.1. The molecule has 0 saturated carbocycles. The Hall–Kier alpha value is -2.95. The van der Waals surface area contributed by atoms with E-state index >= 15 is 0 Å². The van der Waals surface area contributed by atoms with Crippen molar-refractivity contribution < 1.29 is 14.4 Å². The van der Waals surface area contributed by atoms with Gasteiger partial charge in [-0.3, -0.25) is 19.3 Å². The number of imide groups is 1. The fourth-order valence-corrected chi connectivity index (χ4v) is 3.85. The van der Waals surface area contributed by atoms with Gasteiger partial charge in [0.1, 0.15) is 6.04 Å². The van der Waals surface area contributed by atoms with E-state index in [2.05, 4.69) is 5.32 Å². The van der Waals surface area contributed by atoms with Gasteiger partial charge in [0.05, 0.1) is 11.1 Å². The van der Waals surface area contributed by atoms with Crippen LogP contribution in [0.25, 0.3) is 0 Å². The molecule has 1 N–H and O–H groups in total. The summed E-state index contributed by atoms with van der Waals surface area (Å²) in [6.07, 6.45) is 0.404. The summed E-state index contributed by atoms with van der Waals surface area (Å²) in [6.45, 7) is 9.83. The molecule has 0 spiro atoms. The first-order valence-corrected chi connectivity index (χ1v) is 9.56. The average molecular weight is 378 g/mol. The molecule has 0 saturated heterocycles. The maximum Gasteiger partial charge on any atom is 0.262 e. The van der Waals surface area contributed by atoms with E-state index in [9.17, 15) is 14.4 Å². The van der Waals surface area contributed by atoms with Crippen molar-refractivity contribution >= 4 is 23.4 Å². The van der Waals surface area contributed by atoms with E-state index in [1.54, 1.807) is 24.3 Å². The summed E-state index contributed by atoms with van der Waals surface area (Å²) in [5.74, 6) is -1.00. The normalized spacial score (nSPS) is 14.4. The lowest BCUT2D eigenvalue weighted by molar-refractivity contribution is -0.120. The second-order valence-electron chi connectivity index (χ2n) is 7.93. The maximum atomic E-state index is 13.2. The van der Waals surface area contributed by atoms with E-state index < -0.39 is 17.9 Å². The number of nitrogens with one attached hydrogen (secondary N) is 1. The minimum Gasteiger partial charge on any atom is -0.324 e. The molecule has 28 heavy (non-hydrogen) atoms. The summed E-state index contributed by atoms with van der Waals surface area (Å²) in [7, 11) is 0. The smallest absolute Gasteiger partial charge is 0.262 e. The first kappa shape index (κ1) is 19.8. The lowest BCUT2D eigenvalue weighted by atomic mass is 10.00. The molecule has 0 radical (unpaired) electrons. The number of nitrogens with zero attached hydrogens (tertiary/aromatic N) is 1. The molecule has 0 bridgehead atoms. The lowest BCUT2D eigenvalue weighted by Crippen LogP contribution is -2.48. The van der Waals surface area contributed by atoms with Crippen molar-refractivity contribution in [2.45, 2.75) is 47.1 Å². The van der Waals surface area contributed by atoms with E-state index in [1.807, 2.05) is 46.8 Å². The highest BCUT2D eigenvalue weighted by Crippen LogP contribution is 2.29. The van der Waals surface area contributed by atoms with E-state index in [4.69, 9.17) is 0 Å². The molecule has 1 atom stereocenters. The molecular formula is C23H26N2O3. The average Bonchev–Trinajstić information content (AvgIpc) is 2.87. The Bertz CT molecular complexity index is 904. The Morgan fingerprint density at radius 2 is 1.46 bits per heavy atom. The Morgan fingerprint density at radius 1 is 0.964 bits per heavy atom. The number of carbonyl (C=O) groups is 3. The number of carbonyl (C=O) groups excluding carboxylic acids is 3. The molecule has 0 aromatic heterocycles. The Morgan fingerprint density at radius 3 is 1.93 bits per heavy atom. The third kappa shape index (κ3) is 3.57. The number of aryl methyl sites for hydroxylation is 3. The molecule has 2 aromatic rings. The van der Waals surface area contributed by atoms with Crippen LogP contribution in [0.4, 0.5) is 5.69 Å². The zero-order chi connectivity index (χ0) is 20.6. The molecule has 1 heterocycles. The van der Waals surface area contributed by atoms with Crippen LogP contribution in [0.2, 0.25) is 0 Å². The third-order valence-electron chi connectivity index (χ3n) is 5.06. The van der Waals surface area contributed by atoms with Crippen LogP contribution in [0, 0.1) is 26.7 Å². The van der Waals surface area contributed by atoms with Crippen molar-refractivity contribution in [3.05, 3.63) is 64.2 Å². The van der Waals surface area contributed by atoms with Crippen molar-refractivity contribution in [1.29, 1.82) is 0 Å². The minimum absolute atomic E-state index is 0.139. The molecule has 5 nitrogen and oxygen atoms in total. The maximum absolute atomic E-state index is 13.2. The number of fused-ring (bicyclic) bond motifs is 1. The molecule has 1 aliphatic heterocycles. The van der Waals surface area contributed by atoms with Crippen LogP contribution in [-0.4, -0.2) is 28.7 Å². The largest absolute Gasteiger partial charge is 0.324 e. The van der Waals surface area contributed by atoms with Crippen LogP contribution in [-0.2, 0) is 4.79 Å². The van der Waals surface area contributed by atoms with Crippen LogP contribution < -0.4 is 5.32 Å². The van der Waals surface area contributed by atoms with Gasteiger partial charge in [-0.15, -0.1) is 0 Å². The summed E-state index contributed by atoms with van der Waals surface area (Å²) in [5, 5.41) is 2.97. The van der Waals surface area contributed by atoms with Gasteiger partial charge in [0.15, 0.2) is 0 Å². The SMILES string of the molecule is Cc1cc(C)c(NC(=O)[C@@H](CC(C)C)N2C(=O)c3ccccc3C2=O)c(C)c1. The van der Waals surface area contributed by atoms with E-state index in [0.717, 1.165) is 27.3 Å². The number of benzene rings is 2. The van der Waals surface area contributed by atoms with E-state index in [0.29, 0.717) is 17.5 Å². The lowest BCUT2D eigenvalue weighted by Gasteiger charge is -2.27. The zero-order valence-electron chi connectivity index (χ0n) is 17.0. The van der Waals surface area contributed by atoms with E-state index in [1.165, 1.54) is 0 Å². The monoisotopic (exact) mass is 378 g/mol. The minimum atomic E-state index is -0.854. The van der Waals surface area contributed by atoms with Crippen molar-refractivity contribution in [2.24, 2.45) is 5.92 Å². The Labute approximate surface area is 165 Å². The molecule has 0 aliphatic carbocycles. The predicted octanol–water partition coefficient (Wildman–Crippen LogP) is 4.26. The second kappa shape index (κ2) is 7.58. The number of hydrogen-bond donors (Lipinski definition) is 1. The van der Waals surface area contributed by atoms with Crippen LogP contribution in [0.15, 0.2) is 36.4 Å². The summed E-state index contributed by atoms with van der Waals surface area (Å²) in [5.41, 5.74) is 4.48. The highest BCUT2D eigenvalue weighted by Gasteiger charge is 2.42. The van der Waals surface area contributed by atoms with Gasteiger partial charge in [0.25, 0.3) is 11.8 Å². The van der Waals surface area contributed by atoms with Crippen molar-refractivity contribution in [1.82, 2.24) is 4.90 Å². The van der Waals surface area contributed by atoms with Crippen LogP contribution in [0.5, 0.6) is 0 Å². The van der Waals surface area contributed by atoms with Gasteiger partial charge in [0, 0.05) is 5.69 Å². The second-order valence-corrected chi connectivity index (χ2v) is 7.93. The van der Waals surface area contributed by atoms with Crippen LogP contribution >= 0.6 is 0 Å². The Balaban J connectivity index is 1.95. The zero-order valence-corrected chi connectivity index (χ0v) is 17.0. The van der Waals surface area contributed by atoms with Crippen molar-refractivity contribution in [2.75, 3.05) is 5.32 Å². The van der Waals surface area contributed by atoms with Crippen molar-refractivity contribution in [3.63, 3.8) is 0 Å². The molecule has 0 fully saturated rings. The number of amides is 3. The van der Waals surface area contributed by atoms with Crippen LogP contribution in [0.3, 0.4) is 0 Å². The number of anilines is 1.